The zero-order valence-corrected chi connectivity index (χ0v) is 11.7. The lowest BCUT2D eigenvalue weighted by Crippen LogP contribution is -2.46. The van der Waals surface area contributed by atoms with E-state index in [1.54, 1.807) is 31.4 Å². The first kappa shape index (κ1) is 15.0. The molecule has 19 heavy (non-hydrogen) atoms. The van der Waals surface area contributed by atoms with Crippen LogP contribution in [0.5, 0.6) is 5.75 Å². The van der Waals surface area contributed by atoms with E-state index in [1.165, 1.54) is 6.92 Å². The molecule has 1 aromatic rings. The molecule has 1 rings (SSSR count). The van der Waals surface area contributed by atoms with Gasteiger partial charge in [0.2, 0.25) is 11.8 Å². The lowest BCUT2D eigenvalue weighted by molar-refractivity contribution is -0.126. The first-order valence-electron chi connectivity index (χ1n) is 6.16. The topological polar surface area (TPSA) is 67.4 Å². The molecule has 0 radical (unpaired) electrons. The molecule has 0 fully saturated rings. The van der Waals surface area contributed by atoms with Gasteiger partial charge in [0, 0.05) is 12.6 Å². The molecule has 0 saturated carbocycles. The van der Waals surface area contributed by atoms with Crippen LogP contribution in [0.3, 0.4) is 0 Å². The fourth-order valence-electron chi connectivity index (χ4n) is 1.65. The lowest BCUT2D eigenvalue weighted by Gasteiger charge is -2.20. The normalized spacial score (nSPS) is 11.8. The van der Waals surface area contributed by atoms with Crippen LogP contribution in [0, 0.1) is 5.92 Å². The van der Waals surface area contributed by atoms with Crippen LogP contribution in [0.4, 0.5) is 5.69 Å². The van der Waals surface area contributed by atoms with Gasteiger partial charge in [-0.25, -0.2) is 0 Å². The average Bonchev–Trinajstić information content (AvgIpc) is 2.36. The van der Waals surface area contributed by atoms with E-state index in [2.05, 4.69) is 10.6 Å². The predicted molar refractivity (Wildman–Crippen MR) is 74.1 cm³/mol. The van der Waals surface area contributed by atoms with E-state index in [0.29, 0.717) is 5.69 Å². The zero-order valence-electron chi connectivity index (χ0n) is 11.7. The molecular formula is C14H20N2O3. The molecule has 0 aliphatic heterocycles. The third-order valence-electron chi connectivity index (χ3n) is 2.67. The molecule has 1 atom stereocenters. The molecule has 5 nitrogen and oxygen atoms in total. The van der Waals surface area contributed by atoms with Gasteiger partial charge in [0.05, 0.1) is 7.11 Å². The van der Waals surface area contributed by atoms with Crippen molar-refractivity contribution < 1.29 is 14.3 Å². The molecule has 5 heteroatoms. The second-order valence-electron chi connectivity index (χ2n) is 4.64. The van der Waals surface area contributed by atoms with E-state index in [9.17, 15) is 9.59 Å². The van der Waals surface area contributed by atoms with Gasteiger partial charge in [-0.2, -0.15) is 0 Å². The average molecular weight is 264 g/mol. The molecule has 0 aliphatic carbocycles. The number of nitrogens with one attached hydrogen (secondary N) is 2. The standard InChI is InChI=1S/C14H20N2O3/c1-9(2)13(15-10(3)17)14(18)16-11-5-7-12(19-4)8-6-11/h5-9,13H,1-4H3,(H,15,17)(H,16,18)/t13-/m1/s1. The van der Waals surface area contributed by atoms with E-state index in [0.717, 1.165) is 5.75 Å². The van der Waals surface area contributed by atoms with Crippen molar-refractivity contribution in [1.82, 2.24) is 5.32 Å². The molecule has 0 saturated heterocycles. The second-order valence-corrected chi connectivity index (χ2v) is 4.64. The van der Waals surface area contributed by atoms with E-state index < -0.39 is 6.04 Å². The minimum atomic E-state index is -0.542. The number of benzene rings is 1. The monoisotopic (exact) mass is 264 g/mol. The molecular weight excluding hydrogens is 244 g/mol. The summed E-state index contributed by atoms with van der Waals surface area (Å²) in [5.41, 5.74) is 0.668. The van der Waals surface area contributed by atoms with Crippen molar-refractivity contribution in [3.05, 3.63) is 24.3 Å². The fraction of sp³-hybridized carbons (Fsp3) is 0.429. The number of ether oxygens (including phenoxy) is 1. The SMILES string of the molecule is COc1ccc(NC(=O)[C@H](NC(C)=O)C(C)C)cc1. The van der Waals surface area contributed by atoms with Crippen LogP contribution in [0.2, 0.25) is 0 Å². The molecule has 0 aromatic heterocycles. The Hall–Kier alpha value is -2.04. The molecule has 2 amide bonds. The van der Waals surface area contributed by atoms with Gasteiger partial charge in [0.1, 0.15) is 11.8 Å². The summed E-state index contributed by atoms with van der Waals surface area (Å²) in [6.07, 6.45) is 0. The summed E-state index contributed by atoms with van der Waals surface area (Å²) < 4.78 is 5.04. The Bertz CT molecular complexity index is 441. The van der Waals surface area contributed by atoms with Crippen molar-refractivity contribution in [1.29, 1.82) is 0 Å². The van der Waals surface area contributed by atoms with Crippen LogP contribution in [-0.2, 0) is 9.59 Å². The number of carbonyl (C=O) groups is 2. The summed E-state index contributed by atoms with van der Waals surface area (Å²) in [5.74, 6) is 0.293. The largest absolute Gasteiger partial charge is 0.497 e. The first-order valence-corrected chi connectivity index (χ1v) is 6.16. The molecule has 0 heterocycles. The van der Waals surface area contributed by atoms with E-state index in [4.69, 9.17) is 4.74 Å². The number of hydrogen-bond donors (Lipinski definition) is 2. The minimum Gasteiger partial charge on any atom is -0.497 e. The van der Waals surface area contributed by atoms with Gasteiger partial charge in [0.25, 0.3) is 0 Å². The quantitative estimate of drug-likeness (QED) is 0.852. The van der Waals surface area contributed by atoms with E-state index in [-0.39, 0.29) is 17.7 Å². The molecule has 104 valence electrons. The maximum Gasteiger partial charge on any atom is 0.247 e. The molecule has 2 N–H and O–H groups in total. The molecule has 0 bridgehead atoms. The highest BCUT2D eigenvalue weighted by Gasteiger charge is 2.22. The van der Waals surface area contributed by atoms with Crippen molar-refractivity contribution in [2.24, 2.45) is 5.92 Å². The molecule has 0 spiro atoms. The van der Waals surface area contributed by atoms with Crippen molar-refractivity contribution in [2.75, 3.05) is 12.4 Å². The van der Waals surface area contributed by atoms with Crippen molar-refractivity contribution >= 4 is 17.5 Å². The van der Waals surface area contributed by atoms with Crippen LogP contribution in [-0.4, -0.2) is 25.0 Å². The number of amides is 2. The molecule has 1 aromatic carbocycles. The Balaban J connectivity index is 2.72. The highest BCUT2D eigenvalue weighted by atomic mass is 16.5. The Morgan fingerprint density at radius 1 is 1.16 bits per heavy atom. The van der Waals surface area contributed by atoms with Gasteiger partial charge in [0.15, 0.2) is 0 Å². The van der Waals surface area contributed by atoms with Crippen LogP contribution >= 0.6 is 0 Å². The third-order valence-corrected chi connectivity index (χ3v) is 2.67. The summed E-state index contributed by atoms with van der Waals surface area (Å²) in [5, 5.41) is 5.42. The number of rotatable bonds is 5. The number of anilines is 1. The second kappa shape index (κ2) is 6.78. The van der Waals surface area contributed by atoms with Gasteiger partial charge in [-0.15, -0.1) is 0 Å². The zero-order chi connectivity index (χ0) is 14.4. The highest BCUT2D eigenvalue weighted by Crippen LogP contribution is 2.15. The van der Waals surface area contributed by atoms with Crippen molar-refractivity contribution in [2.45, 2.75) is 26.8 Å². The molecule has 0 aliphatic rings. The summed E-state index contributed by atoms with van der Waals surface area (Å²) in [4.78, 5) is 23.2. The van der Waals surface area contributed by atoms with Gasteiger partial charge < -0.3 is 15.4 Å². The van der Waals surface area contributed by atoms with Gasteiger partial charge in [-0.05, 0) is 30.2 Å². The van der Waals surface area contributed by atoms with Gasteiger partial charge in [-0.3, -0.25) is 9.59 Å². The number of carbonyl (C=O) groups excluding carboxylic acids is 2. The Morgan fingerprint density at radius 3 is 2.16 bits per heavy atom. The molecule has 0 unspecified atom stereocenters. The van der Waals surface area contributed by atoms with Crippen molar-refractivity contribution in [3.63, 3.8) is 0 Å². The number of hydrogen-bond acceptors (Lipinski definition) is 3. The Kier molecular flexibility index (Phi) is 5.36. The van der Waals surface area contributed by atoms with E-state index in [1.807, 2.05) is 13.8 Å². The lowest BCUT2D eigenvalue weighted by atomic mass is 10.0. The van der Waals surface area contributed by atoms with Crippen molar-refractivity contribution in [3.8, 4) is 5.75 Å². The number of methoxy groups -OCH3 is 1. The minimum absolute atomic E-state index is 0.0159. The van der Waals surface area contributed by atoms with E-state index >= 15 is 0 Å². The summed E-state index contributed by atoms with van der Waals surface area (Å²) in [6.45, 7) is 5.17. The highest BCUT2D eigenvalue weighted by molar-refractivity contribution is 5.97. The third kappa shape index (κ3) is 4.62. The maximum absolute atomic E-state index is 12.1. The smallest absolute Gasteiger partial charge is 0.247 e. The maximum atomic E-state index is 12.1. The van der Waals surface area contributed by atoms with Gasteiger partial charge in [-0.1, -0.05) is 13.8 Å². The van der Waals surface area contributed by atoms with Crippen LogP contribution in [0.25, 0.3) is 0 Å². The van der Waals surface area contributed by atoms with Crippen LogP contribution in [0.1, 0.15) is 20.8 Å². The summed E-state index contributed by atoms with van der Waals surface area (Å²) in [7, 11) is 1.58. The Morgan fingerprint density at radius 2 is 1.74 bits per heavy atom. The first-order chi connectivity index (χ1) is 8.93. The summed E-state index contributed by atoms with van der Waals surface area (Å²) in [6, 6.07) is 6.49. The fourth-order valence-corrected chi connectivity index (χ4v) is 1.65. The van der Waals surface area contributed by atoms with Crippen LogP contribution < -0.4 is 15.4 Å². The predicted octanol–water partition coefficient (Wildman–Crippen LogP) is 1.79. The Labute approximate surface area is 113 Å². The summed E-state index contributed by atoms with van der Waals surface area (Å²) >= 11 is 0. The van der Waals surface area contributed by atoms with Crippen LogP contribution in [0.15, 0.2) is 24.3 Å². The van der Waals surface area contributed by atoms with Gasteiger partial charge >= 0.3 is 0 Å².